The van der Waals surface area contributed by atoms with Crippen molar-refractivity contribution in [3.63, 3.8) is 0 Å². The molecule has 1 atom stereocenters. The molecular weight excluding hydrogens is 158 g/mol. The Balaban J connectivity index is 2.62. The highest BCUT2D eigenvalue weighted by molar-refractivity contribution is 5.87. The number of hydrogen-bond donors (Lipinski definition) is 3. The van der Waals surface area contributed by atoms with E-state index in [-0.39, 0.29) is 18.9 Å². The van der Waals surface area contributed by atoms with E-state index >= 15 is 0 Å². The summed E-state index contributed by atoms with van der Waals surface area (Å²) < 4.78 is 0. The predicted molar refractivity (Wildman–Crippen MR) is 43.6 cm³/mol. The number of Topliss-reactive ketones (excluding diaryl/α,β-unsaturated/α-hetero) is 1. The number of carbonyl (C=O) groups excluding carboxylic acids is 1. The summed E-state index contributed by atoms with van der Waals surface area (Å²) in [7, 11) is 1.68. The lowest BCUT2D eigenvalue weighted by atomic mass is 10.0. The second-order valence-electron chi connectivity index (χ2n) is 2.93. The first-order chi connectivity index (χ1) is 5.58. The average Bonchev–Trinajstić information content (AvgIpc) is 2.30. The lowest BCUT2D eigenvalue weighted by molar-refractivity contribution is -0.120. The molecule has 0 bridgehead atoms. The van der Waals surface area contributed by atoms with E-state index in [4.69, 9.17) is 11.5 Å². The molecule has 1 heterocycles. The van der Waals surface area contributed by atoms with Crippen molar-refractivity contribution < 1.29 is 4.79 Å². The summed E-state index contributed by atoms with van der Waals surface area (Å²) in [5.74, 6) is -0.122. The van der Waals surface area contributed by atoms with Crippen molar-refractivity contribution >= 4 is 5.78 Å². The number of nitrogens with one attached hydrogen (secondary N) is 1. The third kappa shape index (κ3) is 1.66. The quantitative estimate of drug-likeness (QED) is 0.436. The van der Waals surface area contributed by atoms with Gasteiger partial charge >= 0.3 is 0 Å². The normalized spacial score (nSPS) is 26.1. The number of nitrogens with two attached hydrogens (primary N) is 2. The molecule has 68 valence electrons. The fourth-order valence-electron chi connectivity index (χ4n) is 1.07. The summed E-state index contributed by atoms with van der Waals surface area (Å²) in [4.78, 5) is 11.3. The molecule has 0 fully saturated rings. The molecule has 0 aromatic rings. The van der Waals surface area contributed by atoms with Gasteiger partial charge in [0.25, 0.3) is 0 Å². The first kappa shape index (κ1) is 9.24. The summed E-state index contributed by atoms with van der Waals surface area (Å²) in [6.45, 7) is 0.437. The number of hydrogen-bond acceptors (Lipinski definition) is 6. The molecule has 1 aliphatic heterocycles. The van der Waals surface area contributed by atoms with Crippen molar-refractivity contribution in [1.82, 2.24) is 5.32 Å². The van der Waals surface area contributed by atoms with E-state index in [1.54, 1.807) is 7.05 Å². The van der Waals surface area contributed by atoms with E-state index in [0.29, 0.717) is 0 Å². The molecule has 6 nitrogen and oxygen atoms in total. The van der Waals surface area contributed by atoms with Crippen LogP contribution in [0.2, 0.25) is 0 Å². The van der Waals surface area contributed by atoms with Gasteiger partial charge in [0.15, 0.2) is 11.8 Å². The number of azo groups is 1. The maximum atomic E-state index is 11.3. The first-order valence-electron chi connectivity index (χ1n) is 3.69. The van der Waals surface area contributed by atoms with E-state index in [9.17, 15) is 4.79 Å². The van der Waals surface area contributed by atoms with Crippen molar-refractivity contribution in [3.05, 3.63) is 0 Å². The summed E-state index contributed by atoms with van der Waals surface area (Å²) in [5.41, 5.74) is 10.1. The van der Waals surface area contributed by atoms with Gasteiger partial charge in [0.1, 0.15) is 5.66 Å². The second-order valence-corrected chi connectivity index (χ2v) is 2.93. The summed E-state index contributed by atoms with van der Waals surface area (Å²) >= 11 is 0. The molecule has 5 N–H and O–H groups in total. The van der Waals surface area contributed by atoms with E-state index in [0.717, 1.165) is 0 Å². The van der Waals surface area contributed by atoms with Gasteiger partial charge in [-0.15, -0.1) is 0 Å². The van der Waals surface area contributed by atoms with Crippen molar-refractivity contribution in [1.29, 1.82) is 0 Å². The maximum absolute atomic E-state index is 11.3. The van der Waals surface area contributed by atoms with Crippen LogP contribution >= 0.6 is 0 Å². The highest BCUT2D eigenvalue weighted by Gasteiger charge is 2.39. The van der Waals surface area contributed by atoms with Crippen molar-refractivity contribution in [2.24, 2.45) is 21.7 Å². The molecule has 0 saturated carbocycles. The third-order valence-electron chi connectivity index (χ3n) is 1.71. The fourth-order valence-corrected chi connectivity index (χ4v) is 1.07. The van der Waals surface area contributed by atoms with Crippen LogP contribution in [-0.4, -0.2) is 37.6 Å². The van der Waals surface area contributed by atoms with Gasteiger partial charge in [0.05, 0.1) is 13.1 Å². The lowest BCUT2D eigenvalue weighted by Gasteiger charge is -2.21. The first-order valence-corrected chi connectivity index (χ1v) is 3.69. The number of nitrogens with zero attached hydrogens (tertiary/aromatic N) is 2. The van der Waals surface area contributed by atoms with Gasteiger partial charge in [-0.2, -0.15) is 10.2 Å². The van der Waals surface area contributed by atoms with Crippen LogP contribution < -0.4 is 16.8 Å². The Kier molecular flexibility index (Phi) is 2.51. The largest absolute Gasteiger partial charge is 0.313 e. The molecule has 0 aromatic carbocycles. The monoisotopic (exact) mass is 171 g/mol. The highest BCUT2D eigenvalue weighted by Crippen LogP contribution is 2.14. The molecule has 1 rings (SSSR count). The minimum atomic E-state index is -1.09. The van der Waals surface area contributed by atoms with Crippen molar-refractivity contribution in [3.8, 4) is 0 Å². The molecule has 0 amide bonds. The molecule has 12 heavy (non-hydrogen) atoms. The zero-order valence-corrected chi connectivity index (χ0v) is 6.95. The number of carbonyl (C=O) groups is 1. The second kappa shape index (κ2) is 3.26. The van der Waals surface area contributed by atoms with Gasteiger partial charge < -0.3 is 16.8 Å². The molecule has 0 saturated heterocycles. The smallest absolute Gasteiger partial charge is 0.176 e. The molecule has 0 radical (unpaired) electrons. The van der Waals surface area contributed by atoms with Crippen LogP contribution in [0, 0.1) is 0 Å². The number of rotatable bonds is 3. The summed E-state index contributed by atoms with van der Waals surface area (Å²) in [6.07, 6.45) is 0. The lowest BCUT2D eigenvalue weighted by Crippen LogP contribution is -2.61. The van der Waals surface area contributed by atoms with Crippen LogP contribution in [-0.2, 0) is 4.79 Å². The molecule has 6 heteroatoms. The van der Waals surface area contributed by atoms with Crippen LogP contribution in [0.5, 0.6) is 0 Å². The molecule has 0 aromatic heterocycles. The summed E-state index contributed by atoms with van der Waals surface area (Å²) in [5, 5.41) is 10.1. The van der Waals surface area contributed by atoms with E-state index in [1.807, 2.05) is 0 Å². The number of ketones is 1. The number of likely N-dealkylation sites (N-methyl/N-ethyl adjacent to an activating group) is 1. The van der Waals surface area contributed by atoms with E-state index in [2.05, 4.69) is 15.5 Å². The topological polar surface area (TPSA) is 106 Å². The highest BCUT2D eigenvalue weighted by atomic mass is 16.1. The van der Waals surface area contributed by atoms with Crippen molar-refractivity contribution in [2.75, 3.05) is 20.1 Å². The van der Waals surface area contributed by atoms with Gasteiger partial charge in [-0.05, 0) is 7.05 Å². The van der Waals surface area contributed by atoms with Gasteiger partial charge in [0, 0.05) is 0 Å². The Morgan fingerprint density at radius 1 is 1.75 bits per heavy atom. The molecule has 1 aliphatic rings. The molecular formula is C6H13N5O. The van der Waals surface area contributed by atoms with E-state index < -0.39 is 11.7 Å². The van der Waals surface area contributed by atoms with Crippen LogP contribution in [0.15, 0.2) is 10.2 Å². The van der Waals surface area contributed by atoms with Crippen LogP contribution in [0.3, 0.4) is 0 Å². The Bertz CT molecular complexity index is 212. The van der Waals surface area contributed by atoms with Gasteiger partial charge in [-0.25, -0.2) is 0 Å². The Morgan fingerprint density at radius 2 is 2.42 bits per heavy atom. The average molecular weight is 171 g/mol. The molecule has 0 aliphatic carbocycles. The Morgan fingerprint density at radius 3 is 2.83 bits per heavy atom. The zero-order chi connectivity index (χ0) is 9.19. The SMILES string of the molecule is CNCC(=O)C1N=NCC1(N)N. The standard InChI is InChI=1S/C6H13N5O/c1-9-2-4(12)5-6(7,8)3-10-11-5/h5,9H,2-3,7-8H2,1H3. The van der Waals surface area contributed by atoms with E-state index in [1.165, 1.54) is 0 Å². The summed E-state index contributed by atoms with van der Waals surface area (Å²) in [6, 6.07) is -0.690. The van der Waals surface area contributed by atoms with Gasteiger partial charge in [-0.3, -0.25) is 4.79 Å². The van der Waals surface area contributed by atoms with Gasteiger partial charge in [-0.1, -0.05) is 0 Å². The Hall–Kier alpha value is -0.850. The van der Waals surface area contributed by atoms with Gasteiger partial charge in [0.2, 0.25) is 0 Å². The molecule has 1 unspecified atom stereocenters. The predicted octanol–water partition coefficient (Wildman–Crippen LogP) is -1.78. The fraction of sp³-hybridized carbons (Fsp3) is 0.833. The molecule has 0 spiro atoms. The van der Waals surface area contributed by atoms with Crippen molar-refractivity contribution in [2.45, 2.75) is 11.7 Å². The van der Waals surface area contributed by atoms with Crippen LogP contribution in [0.4, 0.5) is 0 Å². The maximum Gasteiger partial charge on any atom is 0.176 e. The zero-order valence-electron chi connectivity index (χ0n) is 6.95. The Labute approximate surface area is 70.4 Å². The third-order valence-corrected chi connectivity index (χ3v) is 1.71. The van der Waals surface area contributed by atoms with Crippen LogP contribution in [0.1, 0.15) is 0 Å². The minimum absolute atomic E-state index is 0.122. The minimum Gasteiger partial charge on any atom is -0.313 e. The van der Waals surface area contributed by atoms with Crippen LogP contribution in [0.25, 0.3) is 0 Å².